The Hall–Kier alpha value is -1.03. The van der Waals surface area contributed by atoms with Crippen LogP contribution in [0.4, 0.5) is 5.69 Å². The number of hydrogen-bond acceptors (Lipinski definition) is 2. The second-order valence-corrected chi connectivity index (χ2v) is 3.08. The normalized spacial score (nSPS) is 10.6. The van der Waals surface area contributed by atoms with E-state index in [-0.39, 0.29) is 0 Å². The first kappa shape index (κ1) is 6.67. The van der Waals surface area contributed by atoms with Crippen molar-refractivity contribution in [1.82, 2.24) is 9.38 Å². The van der Waals surface area contributed by atoms with Gasteiger partial charge in [-0.25, -0.2) is 4.98 Å². The van der Waals surface area contributed by atoms with Crippen LogP contribution in [0.3, 0.4) is 0 Å². The molecule has 0 spiro atoms. The second-order valence-electron chi connectivity index (χ2n) is 2.27. The van der Waals surface area contributed by atoms with Crippen molar-refractivity contribution in [3.05, 3.63) is 29.1 Å². The first-order valence-corrected chi connectivity index (χ1v) is 3.95. The fourth-order valence-electron chi connectivity index (χ4n) is 1.00. The average Bonchev–Trinajstić information content (AvgIpc) is 2.34. The SMILES string of the molecule is Nc1cc(Br)n2ccnc2c1. The third kappa shape index (κ3) is 0.991. The lowest BCUT2D eigenvalue weighted by atomic mass is 10.4. The molecule has 2 rings (SSSR count). The molecule has 11 heavy (non-hydrogen) atoms. The Labute approximate surface area is 72.0 Å². The summed E-state index contributed by atoms with van der Waals surface area (Å²) in [5.41, 5.74) is 7.18. The van der Waals surface area contributed by atoms with Crippen LogP contribution in [-0.4, -0.2) is 9.38 Å². The Morgan fingerprint density at radius 2 is 2.27 bits per heavy atom. The van der Waals surface area contributed by atoms with Gasteiger partial charge in [0.2, 0.25) is 0 Å². The van der Waals surface area contributed by atoms with Gasteiger partial charge >= 0.3 is 0 Å². The van der Waals surface area contributed by atoms with Gasteiger partial charge in [-0.3, -0.25) is 4.40 Å². The van der Waals surface area contributed by atoms with Gasteiger partial charge in [-0.1, -0.05) is 0 Å². The van der Waals surface area contributed by atoms with E-state index in [0.717, 1.165) is 15.9 Å². The van der Waals surface area contributed by atoms with Gasteiger partial charge in [0.05, 0.1) is 4.60 Å². The number of imidazole rings is 1. The lowest BCUT2D eigenvalue weighted by Crippen LogP contribution is -1.90. The second kappa shape index (κ2) is 2.23. The lowest BCUT2D eigenvalue weighted by Gasteiger charge is -1.98. The number of hydrogen-bond donors (Lipinski definition) is 1. The predicted octanol–water partition coefficient (Wildman–Crippen LogP) is 1.68. The molecule has 0 fully saturated rings. The van der Waals surface area contributed by atoms with Crippen LogP contribution < -0.4 is 5.73 Å². The third-order valence-corrected chi connectivity index (χ3v) is 2.09. The molecule has 0 bridgehead atoms. The topological polar surface area (TPSA) is 43.3 Å². The highest BCUT2D eigenvalue weighted by atomic mass is 79.9. The molecule has 3 nitrogen and oxygen atoms in total. The molecule has 0 aliphatic rings. The number of anilines is 1. The maximum atomic E-state index is 5.60. The summed E-state index contributed by atoms with van der Waals surface area (Å²) >= 11 is 3.37. The number of nitrogen functional groups attached to an aromatic ring is 1. The summed E-state index contributed by atoms with van der Waals surface area (Å²) in [6, 6.07) is 3.67. The summed E-state index contributed by atoms with van der Waals surface area (Å²) < 4.78 is 2.83. The Morgan fingerprint density at radius 1 is 1.45 bits per heavy atom. The number of halogens is 1. The summed E-state index contributed by atoms with van der Waals surface area (Å²) in [5, 5.41) is 0. The fraction of sp³-hybridized carbons (Fsp3) is 0. The van der Waals surface area contributed by atoms with Crippen LogP contribution in [0.5, 0.6) is 0 Å². The summed E-state index contributed by atoms with van der Waals surface area (Å²) in [6.45, 7) is 0. The van der Waals surface area contributed by atoms with Gasteiger partial charge in [0.1, 0.15) is 5.65 Å². The standard InChI is InChI=1S/C7H6BrN3/c8-6-3-5(9)4-7-10-1-2-11(6)7/h1-4H,9H2. The van der Waals surface area contributed by atoms with Gasteiger partial charge in [0.25, 0.3) is 0 Å². The van der Waals surface area contributed by atoms with E-state index >= 15 is 0 Å². The van der Waals surface area contributed by atoms with Crippen LogP contribution in [0.2, 0.25) is 0 Å². The van der Waals surface area contributed by atoms with Gasteiger partial charge in [-0.2, -0.15) is 0 Å². The molecular formula is C7H6BrN3. The molecule has 2 N–H and O–H groups in total. The van der Waals surface area contributed by atoms with Crippen LogP contribution in [0.25, 0.3) is 5.65 Å². The van der Waals surface area contributed by atoms with Crippen molar-refractivity contribution < 1.29 is 0 Å². The molecule has 4 heteroatoms. The number of rotatable bonds is 0. The van der Waals surface area contributed by atoms with Crippen LogP contribution in [0.1, 0.15) is 0 Å². The third-order valence-electron chi connectivity index (χ3n) is 1.48. The molecule has 2 heterocycles. The summed E-state index contributed by atoms with van der Waals surface area (Å²) in [7, 11) is 0. The van der Waals surface area contributed by atoms with Gasteiger partial charge in [0.15, 0.2) is 0 Å². The van der Waals surface area contributed by atoms with Gasteiger partial charge in [-0.05, 0) is 22.0 Å². The van der Waals surface area contributed by atoms with E-state index in [0.29, 0.717) is 0 Å². The van der Waals surface area contributed by atoms with E-state index in [4.69, 9.17) is 5.73 Å². The number of aromatic nitrogens is 2. The van der Waals surface area contributed by atoms with Crippen molar-refractivity contribution in [2.45, 2.75) is 0 Å². The zero-order valence-electron chi connectivity index (χ0n) is 5.66. The molecule has 0 aliphatic heterocycles. The smallest absolute Gasteiger partial charge is 0.139 e. The molecule has 0 aliphatic carbocycles. The van der Waals surface area contributed by atoms with E-state index in [2.05, 4.69) is 20.9 Å². The molecule has 0 aromatic carbocycles. The quantitative estimate of drug-likeness (QED) is 0.675. The van der Waals surface area contributed by atoms with Crippen molar-refractivity contribution in [3.63, 3.8) is 0 Å². The molecule has 0 saturated carbocycles. The van der Waals surface area contributed by atoms with E-state index in [9.17, 15) is 0 Å². The maximum Gasteiger partial charge on any atom is 0.139 e. The van der Waals surface area contributed by atoms with Crippen LogP contribution in [0, 0.1) is 0 Å². The van der Waals surface area contributed by atoms with Crippen LogP contribution in [-0.2, 0) is 0 Å². The number of fused-ring (bicyclic) bond motifs is 1. The molecule has 0 radical (unpaired) electrons. The lowest BCUT2D eigenvalue weighted by molar-refractivity contribution is 1.15. The molecule has 0 unspecified atom stereocenters. The minimum atomic E-state index is 0.718. The largest absolute Gasteiger partial charge is 0.399 e. The summed E-state index contributed by atoms with van der Waals surface area (Å²) in [5.74, 6) is 0. The minimum Gasteiger partial charge on any atom is -0.399 e. The zero-order valence-corrected chi connectivity index (χ0v) is 7.25. The number of nitrogens with zero attached hydrogens (tertiary/aromatic N) is 2. The summed E-state index contributed by atoms with van der Waals surface area (Å²) in [6.07, 6.45) is 3.61. The van der Waals surface area contributed by atoms with Gasteiger partial charge in [0, 0.05) is 24.1 Å². The highest BCUT2D eigenvalue weighted by Crippen LogP contribution is 2.16. The summed E-state index contributed by atoms with van der Waals surface area (Å²) in [4.78, 5) is 4.09. The molecule has 56 valence electrons. The van der Waals surface area contributed by atoms with E-state index < -0.39 is 0 Å². The highest BCUT2D eigenvalue weighted by molar-refractivity contribution is 9.10. The number of nitrogens with two attached hydrogens (primary N) is 1. The predicted molar refractivity (Wildman–Crippen MR) is 47.3 cm³/mol. The Balaban J connectivity index is 2.91. The zero-order chi connectivity index (χ0) is 7.84. The average molecular weight is 212 g/mol. The first-order valence-electron chi connectivity index (χ1n) is 3.15. The Morgan fingerprint density at radius 3 is 3.09 bits per heavy atom. The van der Waals surface area contributed by atoms with Crippen molar-refractivity contribution in [2.75, 3.05) is 5.73 Å². The minimum absolute atomic E-state index is 0.718. The van der Waals surface area contributed by atoms with Crippen molar-refractivity contribution in [3.8, 4) is 0 Å². The Bertz CT molecular complexity index is 393. The van der Waals surface area contributed by atoms with Crippen molar-refractivity contribution in [1.29, 1.82) is 0 Å². The van der Waals surface area contributed by atoms with Crippen LogP contribution in [0.15, 0.2) is 29.1 Å². The highest BCUT2D eigenvalue weighted by Gasteiger charge is 1.98. The number of pyridine rings is 1. The van der Waals surface area contributed by atoms with Gasteiger partial charge < -0.3 is 5.73 Å². The molecule has 0 atom stereocenters. The Kier molecular flexibility index (Phi) is 1.35. The molecular weight excluding hydrogens is 206 g/mol. The van der Waals surface area contributed by atoms with E-state index in [1.165, 1.54) is 0 Å². The molecule has 2 aromatic rings. The van der Waals surface area contributed by atoms with Crippen molar-refractivity contribution >= 4 is 27.3 Å². The van der Waals surface area contributed by atoms with Crippen molar-refractivity contribution in [2.24, 2.45) is 0 Å². The fourth-order valence-corrected chi connectivity index (χ4v) is 1.56. The van der Waals surface area contributed by atoms with E-state index in [1.807, 2.05) is 22.7 Å². The molecule has 2 aromatic heterocycles. The van der Waals surface area contributed by atoms with Crippen LogP contribution >= 0.6 is 15.9 Å². The van der Waals surface area contributed by atoms with Gasteiger partial charge in [-0.15, -0.1) is 0 Å². The molecule has 0 amide bonds. The maximum absolute atomic E-state index is 5.60. The first-order chi connectivity index (χ1) is 5.27. The monoisotopic (exact) mass is 211 g/mol. The van der Waals surface area contributed by atoms with E-state index in [1.54, 1.807) is 6.20 Å². The molecule has 0 saturated heterocycles.